The molecule has 3 aromatic carbocycles. The standard InChI is InChI=1S/C27H28N4O3/c1-31(2,3)17-21(32)18-34-22-14-15-23(24(33)16-22)27-29-25(19-10-6-4-7-11-19)28-26(30-27)20-12-8-5-9-13-20/h4-16,21,32H,17-18H2,1-3H3/p+1. The van der Waals surface area contributed by atoms with Gasteiger partial charge >= 0.3 is 0 Å². The van der Waals surface area contributed by atoms with Gasteiger partial charge in [-0.1, -0.05) is 60.7 Å². The van der Waals surface area contributed by atoms with E-state index >= 15 is 0 Å². The van der Waals surface area contributed by atoms with Gasteiger partial charge in [-0.25, -0.2) is 15.0 Å². The molecule has 0 saturated heterocycles. The van der Waals surface area contributed by atoms with Crippen LogP contribution in [0.3, 0.4) is 0 Å². The van der Waals surface area contributed by atoms with E-state index in [1.807, 2.05) is 81.8 Å². The summed E-state index contributed by atoms with van der Waals surface area (Å²) in [4.78, 5) is 13.9. The summed E-state index contributed by atoms with van der Waals surface area (Å²) in [6.45, 7) is 0.690. The van der Waals surface area contributed by atoms with Gasteiger partial charge in [0.25, 0.3) is 0 Å². The van der Waals surface area contributed by atoms with E-state index < -0.39 is 6.10 Å². The second-order valence-electron chi connectivity index (χ2n) is 9.15. The van der Waals surface area contributed by atoms with Gasteiger partial charge in [-0.2, -0.15) is 0 Å². The summed E-state index contributed by atoms with van der Waals surface area (Å²) < 4.78 is 6.32. The Kier molecular flexibility index (Phi) is 6.86. The van der Waals surface area contributed by atoms with Crippen LogP contribution in [0.5, 0.6) is 11.5 Å². The highest BCUT2D eigenvalue weighted by Gasteiger charge is 2.18. The first-order valence-electron chi connectivity index (χ1n) is 11.1. The van der Waals surface area contributed by atoms with E-state index in [4.69, 9.17) is 4.74 Å². The van der Waals surface area contributed by atoms with Crippen molar-refractivity contribution in [2.45, 2.75) is 6.10 Å². The minimum Gasteiger partial charge on any atom is -0.507 e. The van der Waals surface area contributed by atoms with Gasteiger partial charge in [-0.3, -0.25) is 0 Å². The van der Waals surface area contributed by atoms with E-state index in [2.05, 4.69) is 15.0 Å². The van der Waals surface area contributed by atoms with Crippen molar-refractivity contribution in [2.75, 3.05) is 34.3 Å². The first-order valence-corrected chi connectivity index (χ1v) is 11.1. The summed E-state index contributed by atoms with van der Waals surface area (Å²) in [5.41, 5.74) is 2.18. The Balaban J connectivity index is 1.65. The molecule has 0 amide bonds. The molecule has 0 fully saturated rings. The smallest absolute Gasteiger partial charge is 0.167 e. The van der Waals surface area contributed by atoms with Gasteiger partial charge in [0.1, 0.15) is 30.8 Å². The number of ether oxygens (including phenoxy) is 1. The van der Waals surface area contributed by atoms with Crippen molar-refractivity contribution < 1.29 is 19.4 Å². The third-order valence-corrected chi connectivity index (χ3v) is 5.11. The molecule has 0 bridgehead atoms. The highest BCUT2D eigenvalue weighted by Crippen LogP contribution is 2.32. The van der Waals surface area contributed by atoms with Gasteiger partial charge < -0.3 is 19.4 Å². The molecule has 1 heterocycles. The van der Waals surface area contributed by atoms with Crippen LogP contribution in [0.1, 0.15) is 0 Å². The van der Waals surface area contributed by atoms with Crippen molar-refractivity contribution in [3.8, 4) is 45.7 Å². The van der Waals surface area contributed by atoms with Crippen LogP contribution in [-0.4, -0.2) is 70.0 Å². The summed E-state index contributed by atoms with van der Waals surface area (Å²) in [5.74, 6) is 1.85. The number of aliphatic hydroxyl groups is 1. The van der Waals surface area contributed by atoms with E-state index in [0.29, 0.717) is 39.8 Å². The maximum atomic E-state index is 10.8. The van der Waals surface area contributed by atoms with Gasteiger partial charge in [0.15, 0.2) is 17.5 Å². The number of aromatic hydroxyl groups is 1. The molecule has 7 nitrogen and oxygen atoms in total. The molecular formula is C27H29N4O3+. The number of nitrogens with zero attached hydrogens (tertiary/aromatic N) is 4. The third kappa shape index (κ3) is 5.95. The van der Waals surface area contributed by atoms with Crippen molar-refractivity contribution in [1.29, 1.82) is 0 Å². The Morgan fingerprint density at radius 3 is 1.79 bits per heavy atom. The van der Waals surface area contributed by atoms with Crippen molar-refractivity contribution in [1.82, 2.24) is 15.0 Å². The van der Waals surface area contributed by atoms with Gasteiger partial charge in [-0.15, -0.1) is 0 Å². The topological polar surface area (TPSA) is 88.4 Å². The second-order valence-corrected chi connectivity index (χ2v) is 9.15. The highest BCUT2D eigenvalue weighted by molar-refractivity contribution is 5.70. The van der Waals surface area contributed by atoms with Crippen molar-refractivity contribution >= 4 is 0 Å². The number of phenols is 1. The van der Waals surface area contributed by atoms with Crippen LogP contribution in [0.15, 0.2) is 78.9 Å². The Morgan fingerprint density at radius 2 is 1.29 bits per heavy atom. The number of rotatable bonds is 8. The average molecular weight is 458 g/mol. The number of hydrogen-bond donors (Lipinski definition) is 2. The molecular weight excluding hydrogens is 428 g/mol. The molecule has 0 aliphatic carbocycles. The van der Waals surface area contributed by atoms with Gasteiger partial charge in [-0.05, 0) is 12.1 Å². The molecule has 0 aliphatic heterocycles. The van der Waals surface area contributed by atoms with Crippen LogP contribution in [0.4, 0.5) is 0 Å². The number of hydrogen-bond acceptors (Lipinski definition) is 6. The molecule has 1 aromatic heterocycles. The molecule has 4 aromatic rings. The Bertz CT molecular complexity index is 1180. The molecule has 1 atom stereocenters. The van der Waals surface area contributed by atoms with Crippen LogP contribution in [0.25, 0.3) is 34.2 Å². The molecule has 2 N–H and O–H groups in total. The van der Waals surface area contributed by atoms with Crippen LogP contribution in [0, 0.1) is 0 Å². The fourth-order valence-corrected chi connectivity index (χ4v) is 3.60. The largest absolute Gasteiger partial charge is 0.507 e. The quantitative estimate of drug-likeness (QED) is 0.389. The first-order chi connectivity index (χ1) is 16.3. The Labute approximate surface area is 199 Å². The van der Waals surface area contributed by atoms with E-state index in [-0.39, 0.29) is 12.4 Å². The highest BCUT2D eigenvalue weighted by atomic mass is 16.5. The van der Waals surface area contributed by atoms with E-state index in [1.54, 1.807) is 12.1 Å². The third-order valence-electron chi connectivity index (χ3n) is 5.11. The molecule has 34 heavy (non-hydrogen) atoms. The monoisotopic (exact) mass is 457 g/mol. The zero-order chi connectivity index (χ0) is 24.1. The van der Waals surface area contributed by atoms with Crippen molar-refractivity contribution in [3.63, 3.8) is 0 Å². The lowest BCUT2D eigenvalue weighted by Crippen LogP contribution is -2.43. The molecule has 4 rings (SSSR count). The molecule has 0 aliphatic rings. The summed E-state index contributed by atoms with van der Waals surface area (Å²) >= 11 is 0. The first kappa shape index (κ1) is 23.4. The van der Waals surface area contributed by atoms with Crippen molar-refractivity contribution in [3.05, 3.63) is 78.9 Å². The van der Waals surface area contributed by atoms with Crippen LogP contribution < -0.4 is 4.74 Å². The van der Waals surface area contributed by atoms with Gasteiger partial charge in [0, 0.05) is 17.2 Å². The lowest BCUT2D eigenvalue weighted by atomic mass is 10.1. The number of benzene rings is 3. The van der Waals surface area contributed by atoms with Crippen LogP contribution in [0.2, 0.25) is 0 Å². The lowest BCUT2D eigenvalue weighted by molar-refractivity contribution is -0.873. The fourth-order valence-electron chi connectivity index (χ4n) is 3.60. The van der Waals surface area contributed by atoms with E-state index in [0.717, 1.165) is 11.1 Å². The molecule has 174 valence electrons. The zero-order valence-electron chi connectivity index (χ0n) is 19.6. The minimum absolute atomic E-state index is 0.0113. The number of aliphatic hydroxyl groups excluding tert-OH is 1. The number of likely N-dealkylation sites (N-methyl/N-ethyl adjacent to an activating group) is 1. The Morgan fingerprint density at radius 1 is 0.765 bits per heavy atom. The van der Waals surface area contributed by atoms with Crippen LogP contribution >= 0.6 is 0 Å². The summed E-state index contributed by atoms with van der Waals surface area (Å²) in [5, 5.41) is 21.0. The second kappa shape index (κ2) is 9.99. The maximum absolute atomic E-state index is 10.8. The Hall–Kier alpha value is -3.81. The fraction of sp³-hybridized carbons (Fsp3) is 0.222. The molecule has 0 saturated carbocycles. The summed E-state index contributed by atoms with van der Waals surface area (Å²) in [6, 6.07) is 24.3. The molecule has 1 unspecified atom stereocenters. The summed E-state index contributed by atoms with van der Waals surface area (Å²) in [7, 11) is 6.02. The predicted molar refractivity (Wildman–Crippen MR) is 132 cm³/mol. The predicted octanol–water partition coefficient (Wildman–Crippen LogP) is 4.02. The summed E-state index contributed by atoms with van der Waals surface area (Å²) in [6.07, 6.45) is -0.618. The van der Waals surface area contributed by atoms with Gasteiger partial charge in [0.05, 0.1) is 26.7 Å². The number of quaternary nitrogens is 1. The number of phenolic OH excluding ortho intramolecular Hbond substituents is 1. The molecule has 7 heteroatoms. The normalized spacial score (nSPS) is 12.4. The molecule has 0 spiro atoms. The maximum Gasteiger partial charge on any atom is 0.167 e. The zero-order valence-corrected chi connectivity index (χ0v) is 19.6. The lowest BCUT2D eigenvalue weighted by Gasteiger charge is -2.26. The SMILES string of the molecule is C[N+](C)(C)CC(O)COc1ccc(-c2nc(-c3ccccc3)nc(-c3ccccc3)n2)c(O)c1. The van der Waals surface area contributed by atoms with Gasteiger partial charge in [0.2, 0.25) is 0 Å². The molecule has 0 radical (unpaired) electrons. The van der Waals surface area contributed by atoms with Crippen molar-refractivity contribution in [2.24, 2.45) is 0 Å². The van der Waals surface area contributed by atoms with E-state index in [1.165, 1.54) is 6.07 Å². The number of aromatic nitrogens is 3. The minimum atomic E-state index is -0.618. The van der Waals surface area contributed by atoms with Crippen LogP contribution in [-0.2, 0) is 0 Å². The van der Waals surface area contributed by atoms with E-state index in [9.17, 15) is 10.2 Å². The average Bonchev–Trinajstić information content (AvgIpc) is 2.82.